The minimum Gasteiger partial charge on any atom is -0.467 e. The van der Waals surface area contributed by atoms with Crippen LogP contribution in [0.15, 0.2) is 18.2 Å². The number of likely N-dealkylation sites (tertiary alicyclic amines) is 1. The van der Waals surface area contributed by atoms with Crippen molar-refractivity contribution in [2.75, 3.05) is 57.6 Å². The summed E-state index contributed by atoms with van der Waals surface area (Å²) in [5.41, 5.74) is 2.20. The quantitative estimate of drug-likeness (QED) is 0.188. The summed E-state index contributed by atoms with van der Waals surface area (Å²) < 4.78 is 128. The van der Waals surface area contributed by atoms with Crippen LogP contribution in [-0.4, -0.2) is 90.3 Å². The number of amides is 1. The van der Waals surface area contributed by atoms with E-state index < -0.39 is 59.1 Å². The molecule has 296 valence electrons. The highest BCUT2D eigenvalue weighted by Gasteiger charge is 2.62. The number of nitrogens with one attached hydrogen (secondary N) is 1. The number of ether oxygens (including phenoxy) is 1. The molecule has 4 fully saturated rings. The number of nitrogen functional groups attached to an aromatic ring is 1. The second-order valence-corrected chi connectivity index (χ2v) is 14.7. The number of nitriles is 1. The molecule has 55 heavy (non-hydrogen) atoms. The van der Waals surface area contributed by atoms with E-state index in [4.69, 9.17) is 10.5 Å². The number of hydrogen-bond donors (Lipinski definition) is 2. The van der Waals surface area contributed by atoms with Crippen molar-refractivity contribution >= 4 is 49.1 Å². The van der Waals surface area contributed by atoms with E-state index >= 15 is 4.39 Å². The van der Waals surface area contributed by atoms with E-state index in [1.807, 2.05) is 0 Å². The van der Waals surface area contributed by atoms with Crippen LogP contribution in [0.1, 0.15) is 49.7 Å². The number of nitrogens with two attached hydrogens (primary N) is 1. The molecule has 3 atom stereocenters. The summed E-state index contributed by atoms with van der Waals surface area (Å²) in [6.07, 6.45) is -0.569. The van der Waals surface area contributed by atoms with Crippen molar-refractivity contribution in [3.63, 3.8) is 0 Å². The minimum absolute atomic E-state index is 0.125. The van der Waals surface area contributed by atoms with Crippen LogP contribution < -0.4 is 15.8 Å². The van der Waals surface area contributed by atoms with Crippen molar-refractivity contribution < 1.29 is 49.0 Å². The summed E-state index contributed by atoms with van der Waals surface area (Å²) in [6.45, 7) is 2.02. The summed E-state index contributed by atoms with van der Waals surface area (Å²) in [4.78, 5) is 22.8. The number of carbonyl (C=O) groups is 1. The first-order valence-electron chi connectivity index (χ1n) is 17.5. The van der Waals surface area contributed by atoms with Crippen LogP contribution in [0.4, 0.5) is 50.3 Å². The predicted octanol–water partition coefficient (Wildman–Crippen LogP) is 8.11. The molecule has 1 amide bonds. The Morgan fingerprint density at radius 2 is 1.87 bits per heavy atom. The first kappa shape index (κ1) is 40.1. The first-order valence-corrected chi connectivity index (χ1v) is 18.3. The Balaban J connectivity index is 0.000000196. The second-order valence-electron chi connectivity index (χ2n) is 13.6. The summed E-state index contributed by atoms with van der Waals surface area (Å²) >= 11 is 0.665. The normalized spacial score (nSPS) is 21.4. The van der Waals surface area contributed by atoms with Crippen LogP contribution in [0, 0.1) is 28.9 Å². The molecule has 3 unspecified atom stereocenters. The Morgan fingerprint density at radius 1 is 1.16 bits per heavy atom. The molecule has 3 N–H and O–H groups in total. The van der Waals surface area contributed by atoms with Gasteiger partial charge in [-0.2, -0.15) is 28.4 Å². The molecule has 19 heteroatoms. The van der Waals surface area contributed by atoms with Gasteiger partial charge >= 0.3 is 12.2 Å². The number of carbonyl (C=O) groups excluding carboxylic acids is 1. The maximum atomic E-state index is 15.9. The van der Waals surface area contributed by atoms with E-state index in [1.165, 1.54) is 20.0 Å². The van der Waals surface area contributed by atoms with E-state index in [0.717, 1.165) is 37.9 Å². The van der Waals surface area contributed by atoms with E-state index in [1.54, 1.807) is 11.0 Å². The van der Waals surface area contributed by atoms with Crippen molar-refractivity contribution in [2.24, 2.45) is 5.92 Å². The van der Waals surface area contributed by atoms with Gasteiger partial charge in [-0.05, 0) is 56.3 Å². The van der Waals surface area contributed by atoms with Crippen molar-refractivity contribution in [3.8, 4) is 23.2 Å². The number of benzene rings is 2. The van der Waals surface area contributed by atoms with Gasteiger partial charge in [-0.15, -0.1) is 11.3 Å². The molecule has 3 saturated heterocycles. The van der Waals surface area contributed by atoms with Crippen LogP contribution in [-0.2, 0) is 11.0 Å². The zero-order valence-corrected chi connectivity index (χ0v) is 30.2. The zero-order valence-electron chi connectivity index (χ0n) is 29.4. The Hall–Kier alpha value is -4.57. The summed E-state index contributed by atoms with van der Waals surface area (Å²) in [5, 5.41) is 11.2. The first-order chi connectivity index (χ1) is 26.1. The number of aromatic nitrogens is 2. The Morgan fingerprint density at radius 3 is 2.47 bits per heavy atom. The van der Waals surface area contributed by atoms with Crippen molar-refractivity contribution in [3.05, 3.63) is 41.0 Å². The summed E-state index contributed by atoms with van der Waals surface area (Å²) in [7, 11) is 1.17. The SMILES string of the molecule is COc1nc(NCCF)c2cc(C(F)(F)F)c(-c3ccc(F)c4sc(N)c(C#N)c34)c(F)c2n1.FC1CC2CCCN2C1.O=C(C1CC1(F)F)N1CCCC1. The number of halogens is 9. The van der Waals surface area contributed by atoms with E-state index in [9.17, 15) is 45.2 Å². The fraction of sp³-hybridized carbons (Fsp3) is 0.500. The predicted molar refractivity (Wildman–Crippen MR) is 188 cm³/mol. The van der Waals surface area contributed by atoms with Gasteiger partial charge in [-0.25, -0.2) is 26.3 Å². The highest BCUT2D eigenvalue weighted by atomic mass is 32.1. The zero-order chi connectivity index (χ0) is 39.8. The van der Waals surface area contributed by atoms with Crippen LogP contribution in [0.5, 0.6) is 6.01 Å². The fourth-order valence-corrected chi connectivity index (χ4v) is 8.21. The van der Waals surface area contributed by atoms with Crippen LogP contribution in [0.25, 0.3) is 32.1 Å². The third kappa shape index (κ3) is 8.20. The van der Waals surface area contributed by atoms with Crippen molar-refractivity contribution in [2.45, 2.75) is 62.8 Å². The van der Waals surface area contributed by atoms with E-state index in [0.29, 0.717) is 43.1 Å². The third-order valence-corrected chi connectivity index (χ3v) is 11.0. The maximum Gasteiger partial charge on any atom is 0.417 e. The van der Waals surface area contributed by atoms with Gasteiger partial charge in [-0.1, -0.05) is 6.07 Å². The van der Waals surface area contributed by atoms with E-state index in [2.05, 4.69) is 20.2 Å². The summed E-state index contributed by atoms with van der Waals surface area (Å²) in [5.74, 6) is -6.52. The van der Waals surface area contributed by atoms with E-state index in [-0.39, 0.29) is 62.3 Å². The molecule has 0 radical (unpaired) electrons. The standard InChI is InChI=1S/C21H13F6N5OS.C8H11F2NO.C7H12FN/c1-33-20-31-16-9(19(32-20)30-5-4-22)6-11(21(25,26)27)14(15(16)24)8-2-3-12(23)17-13(8)10(7-28)18(29)34-17;9-8(10)5-6(8)7(12)11-3-1-2-4-11;8-6-4-7-2-1-3-9(7)5-6/h2-3,6H,4-5,29H2,1H3,(H,30,31,32);6H,1-5H2;6-7H,1-5H2. The minimum atomic E-state index is -5.07. The van der Waals surface area contributed by atoms with Crippen LogP contribution >= 0.6 is 11.3 Å². The number of anilines is 2. The number of alkyl halides is 7. The van der Waals surface area contributed by atoms with Gasteiger partial charge in [0, 0.05) is 55.0 Å². The highest BCUT2D eigenvalue weighted by molar-refractivity contribution is 7.23. The molecule has 0 spiro atoms. The molecule has 3 aliphatic heterocycles. The average Bonchev–Trinajstić information content (AvgIpc) is 3.72. The number of hydrogen-bond acceptors (Lipinski definition) is 9. The third-order valence-electron chi connectivity index (χ3n) is 9.99. The smallest absolute Gasteiger partial charge is 0.417 e. The number of rotatable bonds is 6. The molecule has 4 aromatic rings. The Kier molecular flexibility index (Phi) is 11.6. The summed E-state index contributed by atoms with van der Waals surface area (Å²) in [6, 6.07) is 4.41. The lowest BCUT2D eigenvalue weighted by Gasteiger charge is -2.18. The van der Waals surface area contributed by atoms with Gasteiger partial charge in [0.25, 0.3) is 5.92 Å². The maximum absolute atomic E-state index is 15.9. The molecular formula is C36H36F9N7O2S. The molecule has 1 aliphatic carbocycles. The van der Waals surface area contributed by atoms with Crippen LogP contribution in [0.3, 0.4) is 0 Å². The van der Waals surface area contributed by atoms with Gasteiger partial charge in [0.1, 0.15) is 47.0 Å². The molecule has 8 rings (SSSR count). The largest absolute Gasteiger partial charge is 0.467 e. The monoisotopic (exact) mass is 801 g/mol. The van der Waals surface area contributed by atoms with Gasteiger partial charge in [0.2, 0.25) is 5.91 Å². The van der Waals surface area contributed by atoms with Gasteiger partial charge < -0.3 is 20.7 Å². The Labute approximate surface area is 313 Å². The van der Waals surface area contributed by atoms with Gasteiger partial charge in [-0.3, -0.25) is 9.69 Å². The lowest BCUT2D eigenvalue weighted by atomic mass is 9.92. The fourth-order valence-electron chi connectivity index (χ4n) is 7.26. The van der Waals surface area contributed by atoms with Crippen molar-refractivity contribution in [1.82, 2.24) is 19.8 Å². The molecule has 2 aromatic carbocycles. The lowest BCUT2D eigenvalue weighted by molar-refractivity contribution is -0.137. The molecule has 0 bridgehead atoms. The molecular weight excluding hydrogens is 765 g/mol. The van der Waals surface area contributed by atoms with Crippen molar-refractivity contribution in [1.29, 1.82) is 5.26 Å². The topological polar surface area (TPSA) is 120 Å². The molecule has 2 aromatic heterocycles. The number of nitrogens with zero attached hydrogens (tertiary/aromatic N) is 5. The average molecular weight is 802 g/mol. The molecule has 4 aliphatic rings. The number of methoxy groups -OCH3 is 1. The Bertz CT molecular complexity index is 2100. The lowest BCUT2D eigenvalue weighted by Crippen LogP contribution is -2.30. The number of thiophene rings is 1. The van der Waals surface area contributed by atoms with Gasteiger partial charge in [0.05, 0.1) is 22.9 Å². The number of fused-ring (bicyclic) bond motifs is 3. The molecule has 1 saturated carbocycles. The van der Waals surface area contributed by atoms with Gasteiger partial charge in [0.15, 0.2) is 5.82 Å². The van der Waals surface area contributed by atoms with Crippen LogP contribution in [0.2, 0.25) is 0 Å². The molecule has 9 nitrogen and oxygen atoms in total. The highest BCUT2D eigenvalue weighted by Crippen LogP contribution is 2.50. The molecule has 5 heterocycles. The second kappa shape index (κ2) is 15.9.